The number of alkyl carbamates (subject to hydrolysis) is 1. The van der Waals surface area contributed by atoms with Crippen LogP contribution in [0.15, 0.2) is 24.3 Å². The number of nitrogens with one attached hydrogen (secondary N) is 2. The molecular weight excluding hydrogens is 278 g/mol. The summed E-state index contributed by atoms with van der Waals surface area (Å²) in [5.41, 5.74) is 7.22. The summed E-state index contributed by atoms with van der Waals surface area (Å²) < 4.78 is 5.32. The first kappa shape index (κ1) is 16.5. The molecule has 1 aromatic rings. The van der Waals surface area contributed by atoms with Crippen molar-refractivity contribution in [1.29, 1.82) is 0 Å². The Kier molecular flexibility index (Phi) is 5.16. The molecule has 1 amide bonds. The van der Waals surface area contributed by atoms with Crippen molar-refractivity contribution in [1.82, 2.24) is 5.32 Å². The van der Waals surface area contributed by atoms with Gasteiger partial charge in [-0.1, -0.05) is 12.1 Å². The van der Waals surface area contributed by atoms with Crippen molar-refractivity contribution >= 4 is 17.5 Å². The molecule has 22 heavy (non-hydrogen) atoms. The quantitative estimate of drug-likeness (QED) is 0.747. The van der Waals surface area contributed by atoms with Gasteiger partial charge in [-0.15, -0.1) is 0 Å². The molecule has 1 aromatic carbocycles. The van der Waals surface area contributed by atoms with Crippen molar-refractivity contribution in [2.24, 2.45) is 0 Å². The summed E-state index contributed by atoms with van der Waals surface area (Å²) in [6, 6.07) is 8.23. The number of nitrogen functional groups attached to an aromatic ring is 1. The number of nitrogens with two attached hydrogens (primary N) is 1. The number of hydrogen-bond acceptors (Lipinski definition) is 4. The first-order valence-electron chi connectivity index (χ1n) is 7.94. The summed E-state index contributed by atoms with van der Waals surface area (Å²) in [5.74, 6) is 0. The van der Waals surface area contributed by atoms with Gasteiger partial charge in [0.05, 0.1) is 11.4 Å². The van der Waals surface area contributed by atoms with E-state index in [1.807, 2.05) is 45.0 Å². The number of ether oxygens (including phenoxy) is 1. The van der Waals surface area contributed by atoms with Crippen LogP contribution in [-0.4, -0.2) is 23.8 Å². The van der Waals surface area contributed by atoms with Crippen LogP contribution in [0.1, 0.15) is 46.5 Å². The molecule has 2 atom stereocenters. The molecule has 0 saturated heterocycles. The highest BCUT2D eigenvalue weighted by Crippen LogP contribution is 2.25. The van der Waals surface area contributed by atoms with Crippen LogP contribution in [0, 0.1) is 0 Å². The molecule has 1 fully saturated rings. The van der Waals surface area contributed by atoms with Crippen LogP contribution in [0.25, 0.3) is 0 Å². The maximum atomic E-state index is 11.9. The molecule has 5 nitrogen and oxygen atoms in total. The minimum absolute atomic E-state index is 0.144. The molecule has 1 aliphatic carbocycles. The Morgan fingerprint density at radius 1 is 1.23 bits per heavy atom. The van der Waals surface area contributed by atoms with Gasteiger partial charge in [-0.2, -0.15) is 0 Å². The second-order valence-corrected chi connectivity index (χ2v) is 6.94. The fourth-order valence-electron chi connectivity index (χ4n) is 2.77. The summed E-state index contributed by atoms with van der Waals surface area (Å²) in [6.45, 7) is 5.61. The molecule has 0 bridgehead atoms. The maximum absolute atomic E-state index is 11.9. The Morgan fingerprint density at radius 2 is 1.91 bits per heavy atom. The number of anilines is 2. The van der Waals surface area contributed by atoms with Crippen molar-refractivity contribution in [2.75, 3.05) is 11.1 Å². The van der Waals surface area contributed by atoms with Crippen LogP contribution in [-0.2, 0) is 4.74 Å². The van der Waals surface area contributed by atoms with Gasteiger partial charge in [0.15, 0.2) is 0 Å². The minimum atomic E-state index is -0.463. The van der Waals surface area contributed by atoms with E-state index in [2.05, 4.69) is 10.6 Å². The van der Waals surface area contributed by atoms with Crippen LogP contribution in [0.4, 0.5) is 16.2 Å². The zero-order valence-electron chi connectivity index (χ0n) is 13.7. The Balaban J connectivity index is 1.87. The van der Waals surface area contributed by atoms with E-state index in [-0.39, 0.29) is 12.1 Å². The lowest BCUT2D eigenvalue weighted by Gasteiger charge is -2.32. The molecule has 1 aliphatic rings. The van der Waals surface area contributed by atoms with E-state index >= 15 is 0 Å². The molecule has 5 heteroatoms. The lowest BCUT2D eigenvalue weighted by atomic mass is 9.91. The molecule has 1 saturated carbocycles. The SMILES string of the molecule is CC(C)(C)OC(=O)N[C@H]1CCC[C@@H](Nc2ccccc2N)C1. The predicted molar refractivity (Wildman–Crippen MR) is 89.9 cm³/mol. The number of para-hydroxylation sites is 2. The normalized spacial score (nSPS) is 22.0. The lowest BCUT2D eigenvalue weighted by Crippen LogP contribution is -2.43. The molecule has 2 rings (SSSR count). The van der Waals surface area contributed by atoms with Crippen molar-refractivity contribution in [2.45, 2.75) is 64.1 Å². The lowest BCUT2D eigenvalue weighted by molar-refractivity contribution is 0.0492. The predicted octanol–water partition coefficient (Wildman–Crippen LogP) is 3.52. The number of amides is 1. The van der Waals surface area contributed by atoms with Crippen LogP contribution < -0.4 is 16.4 Å². The van der Waals surface area contributed by atoms with Gasteiger partial charge in [-0.25, -0.2) is 4.79 Å². The summed E-state index contributed by atoms with van der Waals surface area (Å²) in [6.07, 6.45) is 3.69. The Labute approximate surface area is 132 Å². The summed E-state index contributed by atoms with van der Waals surface area (Å²) in [5, 5.41) is 6.46. The fraction of sp³-hybridized carbons (Fsp3) is 0.588. The highest BCUT2D eigenvalue weighted by atomic mass is 16.6. The third-order valence-corrected chi connectivity index (χ3v) is 3.72. The molecule has 122 valence electrons. The van der Waals surface area contributed by atoms with Crippen molar-refractivity contribution < 1.29 is 9.53 Å². The largest absolute Gasteiger partial charge is 0.444 e. The van der Waals surface area contributed by atoms with E-state index < -0.39 is 5.60 Å². The number of hydrogen-bond donors (Lipinski definition) is 3. The number of rotatable bonds is 3. The summed E-state index contributed by atoms with van der Waals surface area (Å²) in [4.78, 5) is 11.9. The average Bonchev–Trinajstić information content (AvgIpc) is 2.39. The topological polar surface area (TPSA) is 76.4 Å². The van der Waals surface area contributed by atoms with E-state index in [1.54, 1.807) is 0 Å². The monoisotopic (exact) mass is 305 g/mol. The number of carbonyl (C=O) groups is 1. The van der Waals surface area contributed by atoms with E-state index in [4.69, 9.17) is 10.5 Å². The second kappa shape index (κ2) is 6.90. The minimum Gasteiger partial charge on any atom is -0.444 e. The van der Waals surface area contributed by atoms with Gasteiger partial charge in [0.25, 0.3) is 0 Å². The molecule has 0 aliphatic heterocycles. The van der Waals surface area contributed by atoms with Crippen molar-refractivity contribution in [3.05, 3.63) is 24.3 Å². The summed E-state index contributed by atoms with van der Waals surface area (Å²) >= 11 is 0. The van der Waals surface area contributed by atoms with Gasteiger partial charge in [0.1, 0.15) is 5.60 Å². The van der Waals surface area contributed by atoms with Gasteiger partial charge in [-0.05, 0) is 58.6 Å². The first-order chi connectivity index (χ1) is 10.3. The maximum Gasteiger partial charge on any atom is 0.407 e. The highest BCUT2D eigenvalue weighted by molar-refractivity contribution is 5.68. The van der Waals surface area contributed by atoms with Crippen LogP contribution >= 0.6 is 0 Å². The zero-order chi connectivity index (χ0) is 16.2. The van der Waals surface area contributed by atoms with Crippen LogP contribution in [0.5, 0.6) is 0 Å². The molecule has 4 N–H and O–H groups in total. The van der Waals surface area contributed by atoms with Gasteiger partial charge in [-0.3, -0.25) is 0 Å². The summed E-state index contributed by atoms with van der Waals surface area (Å²) in [7, 11) is 0. The number of benzene rings is 1. The van der Waals surface area contributed by atoms with E-state index in [1.165, 1.54) is 0 Å². The number of carbonyl (C=O) groups excluding carboxylic acids is 1. The van der Waals surface area contributed by atoms with Gasteiger partial charge < -0.3 is 21.1 Å². The molecule has 0 heterocycles. The fourth-order valence-corrected chi connectivity index (χ4v) is 2.77. The van der Waals surface area contributed by atoms with Gasteiger partial charge in [0, 0.05) is 12.1 Å². The Bertz CT molecular complexity index is 511. The third kappa shape index (κ3) is 5.13. The smallest absolute Gasteiger partial charge is 0.407 e. The first-order valence-corrected chi connectivity index (χ1v) is 7.94. The molecule has 0 radical (unpaired) electrons. The third-order valence-electron chi connectivity index (χ3n) is 3.72. The van der Waals surface area contributed by atoms with E-state index in [0.717, 1.165) is 37.1 Å². The highest BCUT2D eigenvalue weighted by Gasteiger charge is 2.25. The molecular formula is C17H27N3O2. The van der Waals surface area contributed by atoms with Crippen molar-refractivity contribution in [3.63, 3.8) is 0 Å². The molecule has 0 unspecified atom stereocenters. The second-order valence-electron chi connectivity index (χ2n) is 6.94. The van der Waals surface area contributed by atoms with Crippen molar-refractivity contribution in [3.8, 4) is 0 Å². The van der Waals surface area contributed by atoms with Crippen LogP contribution in [0.3, 0.4) is 0 Å². The van der Waals surface area contributed by atoms with Gasteiger partial charge >= 0.3 is 6.09 Å². The Hall–Kier alpha value is -1.91. The zero-order valence-corrected chi connectivity index (χ0v) is 13.7. The van der Waals surface area contributed by atoms with Gasteiger partial charge in [0.2, 0.25) is 0 Å². The Morgan fingerprint density at radius 3 is 2.59 bits per heavy atom. The van der Waals surface area contributed by atoms with E-state index in [9.17, 15) is 4.79 Å². The molecule has 0 spiro atoms. The van der Waals surface area contributed by atoms with Crippen LogP contribution in [0.2, 0.25) is 0 Å². The standard InChI is InChI=1S/C17H27N3O2/c1-17(2,3)22-16(21)20-13-8-6-7-12(11-13)19-15-10-5-4-9-14(15)18/h4-5,9-10,12-13,19H,6-8,11,18H2,1-3H3,(H,20,21)/t12-,13+/m1/s1. The average molecular weight is 305 g/mol. The molecule has 0 aromatic heterocycles. The van der Waals surface area contributed by atoms with E-state index in [0.29, 0.717) is 6.04 Å².